The smallest absolute Gasteiger partial charge is 0.0564 e. The van der Waals surface area contributed by atoms with Gasteiger partial charge in [0.2, 0.25) is 0 Å². The minimum Gasteiger partial charge on any atom is -0.329 e. The van der Waals surface area contributed by atoms with E-state index in [0.29, 0.717) is 12.6 Å². The molecule has 98 valence electrons. The van der Waals surface area contributed by atoms with E-state index < -0.39 is 0 Å². The molecule has 2 aromatic heterocycles. The van der Waals surface area contributed by atoms with Gasteiger partial charge in [-0.3, -0.25) is 4.90 Å². The molecule has 0 saturated heterocycles. The van der Waals surface area contributed by atoms with E-state index in [4.69, 9.17) is 5.73 Å². The third-order valence-electron chi connectivity index (χ3n) is 3.13. The van der Waals surface area contributed by atoms with Crippen molar-refractivity contribution in [2.45, 2.75) is 25.9 Å². The van der Waals surface area contributed by atoms with E-state index >= 15 is 0 Å². The van der Waals surface area contributed by atoms with Crippen LogP contribution in [0.4, 0.5) is 0 Å². The number of nitrogens with two attached hydrogens (primary N) is 1. The van der Waals surface area contributed by atoms with Gasteiger partial charge in [-0.15, -0.1) is 11.3 Å². The van der Waals surface area contributed by atoms with Gasteiger partial charge in [0.1, 0.15) is 0 Å². The molecule has 4 heteroatoms. The molecular weight excluding hydrogens is 260 g/mol. The van der Waals surface area contributed by atoms with Crippen LogP contribution in [0.3, 0.4) is 0 Å². The first-order valence-electron chi connectivity index (χ1n) is 6.24. The average molecular weight is 280 g/mol. The summed E-state index contributed by atoms with van der Waals surface area (Å²) in [6, 6.07) is 6.96. The van der Waals surface area contributed by atoms with Crippen molar-refractivity contribution in [1.82, 2.24) is 4.90 Å². The second kappa shape index (κ2) is 6.48. The van der Waals surface area contributed by atoms with Gasteiger partial charge >= 0.3 is 0 Å². The number of hydrogen-bond acceptors (Lipinski definition) is 4. The summed E-state index contributed by atoms with van der Waals surface area (Å²) in [5, 5.41) is 4.33. The van der Waals surface area contributed by atoms with Crippen LogP contribution in [-0.4, -0.2) is 18.5 Å². The lowest BCUT2D eigenvalue weighted by Crippen LogP contribution is -2.29. The Morgan fingerprint density at radius 2 is 2.17 bits per heavy atom. The van der Waals surface area contributed by atoms with Gasteiger partial charge in [-0.05, 0) is 48.0 Å². The Morgan fingerprint density at radius 3 is 2.72 bits per heavy atom. The van der Waals surface area contributed by atoms with E-state index in [2.05, 4.69) is 47.8 Å². The first-order valence-corrected chi connectivity index (χ1v) is 8.00. The normalized spacial score (nSPS) is 13.1. The van der Waals surface area contributed by atoms with E-state index in [0.717, 1.165) is 13.0 Å². The zero-order chi connectivity index (χ0) is 13.0. The van der Waals surface area contributed by atoms with Crippen molar-refractivity contribution < 1.29 is 0 Å². The van der Waals surface area contributed by atoms with Crippen LogP contribution in [0, 0.1) is 0 Å². The van der Waals surface area contributed by atoms with Crippen LogP contribution in [0.5, 0.6) is 0 Å². The molecule has 18 heavy (non-hydrogen) atoms. The zero-order valence-electron chi connectivity index (χ0n) is 10.9. The van der Waals surface area contributed by atoms with E-state index in [-0.39, 0.29) is 0 Å². The molecular formula is C14H20N2S2. The molecule has 2 heterocycles. The zero-order valence-corrected chi connectivity index (χ0v) is 12.6. The molecule has 2 rings (SSSR count). The lowest BCUT2D eigenvalue weighted by molar-refractivity contribution is 0.245. The largest absolute Gasteiger partial charge is 0.329 e. The summed E-state index contributed by atoms with van der Waals surface area (Å²) < 4.78 is 0. The molecule has 0 spiro atoms. The highest BCUT2D eigenvalue weighted by Crippen LogP contribution is 2.28. The maximum Gasteiger partial charge on any atom is 0.0564 e. The lowest BCUT2D eigenvalue weighted by Gasteiger charge is -2.25. The van der Waals surface area contributed by atoms with Gasteiger partial charge in [0, 0.05) is 22.8 Å². The monoisotopic (exact) mass is 280 g/mol. The SMILES string of the molecule is CCc1ccc(C(CN)N(C)Cc2ccsc2)s1. The Hall–Kier alpha value is -0.680. The van der Waals surface area contributed by atoms with E-state index in [9.17, 15) is 0 Å². The summed E-state index contributed by atoms with van der Waals surface area (Å²) in [5.41, 5.74) is 7.32. The maximum atomic E-state index is 5.95. The first kappa shape index (κ1) is 13.7. The molecule has 1 unspecified atom stereocenters. The van der Waals surface area contributed by atoms with Gasteiger partial charge in [0.25, 0.3) is 0 Å². The van der Waals surface area contributed by atoms with Crippen molar-refractivity contribution in [3.05, 3.63) is 44.3 Å². The maximum absolute atomic E-state index is 5.95. The Balaban J connectivity index is 2.07. The molecule has 2 aromatic rings. The van der Waals surface area contributed by atoms with E-state index in [1.807, 2.05) is 11.3 Å². The first-order chi connectivity index (χ1) is 8.74. The fraction of sp³-hybridized carbons (Fsp3) is 0.429. The molecule has 0 radical (unpaired) electrons. The molecule has 0 bridgehead atoms. The third-order valence-corrected chi connectivity index (χ3v) is 5.19. The molecule has 2 N–H and O–H groups in total. The highest BCUT2D eigenvalue weighted by molar-refractivity contribution is 7.12. The number of hydrogen-bond donors (Lipinski definition) is 1. The molecule has 0 aromatic carbocycles. The van der Waals surface area contributed by atoms with Crippen LogP contribution < -0.4 is 5.73 Å². The molecule has 2 nitrogen and oxygen atoms in total. The summed E-state index contributed by atoms with van der Waals surface area (Å²) in [6.07, 6.45) is 1.11. The van der Waals surface area contributed by atoms with Gasteiger partial charge < -0.3 is 5.73 Å². The second-order valence-corrected chi connectivity index (χ2v) is 6.44. The number of aryl methyl sites for hydroxylation is 1. The molecule has 0 aliphatic heterocycles. The third kappa shape index (κ3) is 3.20. The summed E-state index contributed by atoms with van der Waals surface area (Å²) in [5.74, 6) is 0. The number of nitrogens with zero attached hydrogens (tertiary/aromatic N) is 1. The fourth-order valence-corrected chi connectivity index (χ4v) is 3.85. The van der Waals surface area contributed by atoms with E-state index in [1.54, 1.807) is 11.3 Å². The summed E-state index contributed by atoms with van der Waals surface area (Å²) >= 11 is 3.64. The van der Waals surface area contributed by atoms with Gasteiger partial charge in [-0.25, -0.2) is 0 Å². The highest BCUT2D eigenvalue weighted by Gasteiger charge is 2.17. The Bertz CT molecular complexity index is 462. The van der Waals surface area contributed by atoms with Gasteiger partial charge in [0.15, 0.2) is 0 Å². The molecule has 0 fully saturated rings. The number of likely N-dealkylation sites (N-methyl/N-ethyl adjacent to an activating group) is 1. The quantitative estimate of drug-likeness (QED) is 0.877. The van der Waals surface area contributed by atoms with Gasteiger partial charge in [-0.1, -0.05) is 6.92 Å². The van der Waals surface area contributed by atoms with Crippen LogP contribution in [0.2, 0.25) is 0 Å². The summed E-state index contributed by atoms with van der Waals surface area (Å²) in [6.45, 7) is 3.83. The summed E-state index contributed by atoms with van der Waals surface area (Å²) in [4.78, 5) is 5.16. The van der Waals surface area contributed by atoms with E-state index in [1.165, 1.54) is 15.3 Å². The number of thiophene rings is 2. The fourth-order valence-electron chi connectivity index (χ4n) is 2.06. The molecule has 1 atom stereocenters. The average Bonchev–Trinajstić information content (AvgIpc) is 3.01. The van der Waals surface area contributed by atoms with Crippen molar-refractivity contribution in [2.75, 3.05) is 13.6 Å². The Labute approximate surface area is 117 Å². The molecule has 0 saturated carbocycles. The van der Waals surface area contributed by atoms with Crippen molar-refractivity contribution >= 4 is 22.7 Å². The van der Waals surface area contributed by atoms with Crippen molar-refractivity contribution in [1.29, 1.82) is 0 Å². The predicted molar refractivity (Wildman–Crippen MR) is 81.3 cm³/mol. The van der Waals surface area contributed by atoms with Gasteiger partial charge in [-0.2, -0.15) is 11.3 Å². The minimum absolute atomic E-state index is 0.329. The second-order valence-electron chi connectivity index (χ2n) is 4.46. The van der Waals surface area contributed by atoms with Crippen LogP contribution in [0.25, 0.3) is 0 Å². The van der Waals surface area contributed by atoms with Crippen molar-refractivity contribution in [2.24, 2.45) is 5.73 Å². The summed E-state index contributed by atoms with van der Waals surface area (Å²) in [7, 11) is 2.15. The lowest BCUT2D eigenvalue weighted by atomic mass is 10.2. The minimum atomic E-state index is 0.329. The Kier molecular flexibility index (Phi) is 4.95. The topological polar surface area (TPSA) is 29.3 Å². The van der Waals surface area contributed by atoms with Crippen LogP contribution >= 0.6 is 22.7 Å². The van der Waals surface area contributed by atoms with Crippen LogP contribution in [-0.2, 0) is 13.0 Å². The number of rotatable bonds is 6. The molecule has 0 amide bonds. The van der Waals surface area contributed by atoms with Crippen LogP contribution in [0.1, 0.15) is 28.3 Å². The van der Waals surface area contributed by atoms with Gasteiger partial charge in [0.05, 0.1) is 6.04 Å². The van der Waals surface area contributed by atoms with Crippen LogP contribution in [0.15, 0.2) is 29.0 Å². The van der Waals surface area contributed by atoms with Crippen molar-refractivity contribution in [3.8, 4) is 0 Å². The standard InChI is InChI=1S/C14H20N2S2/c1-3-12-4-5-14(18-12)13(8-15)16(2)9-11-6-7-17-10-11/h4-7,10,13H,3,8-9,15H2,1-2H3. The highest BCUT2D eigenvalue weighted by atomic mass is 32.1. The molecule has 0 aliphatic rings. The van der Waals surface area contributed by atoms with Crippen molar-refractivity contribution in [3.63, 3.8) is 0 Å². The predicted octanol–water partition coefficient (Wildman–Crippen LogP) is 3.50. The Morgan fingerprint density at radius 1 is 1.33 bits per heavy atom. The molecule has 0 aliphatic carbocycles.